The predicted molar refractivity (Wildman–Crippen MR) is 123 cm³/mol. The Hall–Kier alpha value is -3.20. The van der Waals surface area contributed by atoms with Crippen LogP contribution in [0.1, 0.15) is 25.8 Å². The molecule has 2 aliphatic rings. The van der Waals surface area contributed by atoms with Gasteiger partial charge in [0, 0.05) is 42.0 Å². The van der Waals surface area contributed by atoms with Crippen molar-refractivity contribution in [3.63, 3.8) is 0 Å². The quantitative estimate of drug-likeness (QED) is 0.494. The number of dihydropyridines is 1. The zero-order valence-electron chi connectivity index (χ0n) is 18.1. The van der Waals surface area contributed by atoms with Gasteiger partial charge in [-0.3, -0.25) is 9.59 Å². The minimum Gasteiger partial charge on any atom is -0.393 e. The predicted octanol–water partition coefficient (Wildman–Crippen LogP) is 1.92. The van der Waals surface area contributed by atoms with E-state index in [-0.39, 0.29) is 17.8 Å². The van der Waals surface area contributed by atoms with Crippen molar-refractivity contribution in [2.24, 2.45) is 13.0 Å². The van der Waals surface area contributed by atoms with Gasteiger partial charge in [-0.15, -0.1) is 0 Å². The minimum absolute atomic E-state index is 0.231. The average molecular weight is 434 g/mol. The molecule has 4 rings (SSSR count). The number of nitrogens with one attached hydrogen (secondary N) is 2. The largest absolute Gasteiger partial charge is 0.393 e. The van der Waals surface area contributed by atoms with Crippen molar-refractivity contribution in [2.75, 3.05) is 5.32 Å². The maximum Gasteiger partial charge on any atom is 0.258 e. The number of anilines is 1. The molecule has 2 aromatic heterocycles. The summed E-state index contributed by atoms with van der Waals surface area (Å²) in [5.41, 5.74) is 0.719. The Morgan fingerprint density at radius 2 is 2.19 bits per heavy atom. The first-order chi connectivity index (χ1) is 15.1. The van der Waals surface area contributed by atoms with Crippen molar-refractivity contribution in [2.45, 2.75) is 38.0 Å². The Morgan fingerprint density at radius 3 is 2.81 bits per heavy atom. The number of halogens is 1. The van der Waals surface area contributed by atoms with E-state index < -0.39 is 29.5 Å². The summed E-state index contributed by atoms with van der Waals surface area (Å²) in [4.78, 5) is 29.4. The van der Waals surface area contributed by atoms with Crippen LogP contribution < -0.4 is 16.2 Å². The average Bonchev–Trinajstić information content (AvgIpc) is 3.48. The van der Waals surface area contributed by atoms with E-state index in [0.717, 1.165) is 5.57 Å². The number of carbonyl (C=O) groups is 1. The maximum atomic E-state index is 13.1. The number of pyridine rings is 2. The molecule has 0 spiro atoms. The SMILES string of the molecule is [B]C(O)(/C=C\C)C1C=C(C)C(c2cc3cnc(NC(=O)C4CC4F)cc3n(C)c2=O)=CN1. The number of fused-ring (bicyclic) bond motifs is 1. The second-order valence-corrected chi connectivity index (χ2v) is 8.34. The third-order valence-electron chi connectivity index (χ3n) is 5.88. The molecule has 0 bridgehead atoms. The van der Waals surface area contributed by atoms with Gasteiger partial charge < -0.3 is 20.3 Å². The molecule has 1 aliphatic heterocycles. The summed E-state index contributed by atoms with van der Waals surface area (Å²) < 4.78 is 14.6. The summed E-state index contributed by atoms with van der Waals surface area (Å²) in [6.45, 7) is 3.62. The van der Waals surface area contributed by atoms with Crippen LogP contribution >= 0.6 is 0 Å². The second kappa shape index (κ2) is 8.05. The van der Waals surface area contributed by atoms with E-state index in [1.165, 1.54) is 10.6 Å². The van der Waals surface area contributed by atoms with Crippen LogP contribution in [-0.4, -0.2) is 46.1 Å². The smallest absolute Gasteiger partial charge is 0.258 e. The van der Waals surface area contributed by atoms with Crippen molar-refractivity contribution in [1.82, 2.24) is 14.9 Å². The fourth-order valence-corrected chi connectivity index (χ4v) is 3.88. The van der Waals surface area contributed by atoms with Crippen LogP contribution in [-0.2, 0) is 11.8 Å². The van der Waals surface area contributed by atoms with E-state index in [2.05, 4.69) is 15.6 Å². The molecule has 9 heteroatoms. The molecule has 0 aromatic carbocycles. The summed E-state index contributed by atoms with van der Waals surface area (Å²) in [7, 11) is 7.60. The number of amides is 1. The molecular formula is C23H24BFN4O3. The van der Waals surface area contributed by atoms with E-state index in [1.807, 2.05) is 6.92 Å². The van der Waals surface area contributed by atoms with Gasteiger partial charge in [-0.05, 0) is 31.9 Å². The van der Waals surface area contributed by atoms with Crippen molar-refractivity contribution in [3.8, 4) is 0 Å². The molecule has 1 saturated carbocycles. The van der Waals surface area contributed by atoms with E-state index >= 15 is 0 Å². The molecule has 1 aliphatic carbocycles. The number of aryl methyl sites for hydroxylation is 1. The lowest BCUT2D eigenvalue weighted by molar-refractivity contribution is -0.117. The van der Waals surface area contributed by atoms with Crippen LogP contribution in [0.25, 0.3) is 16.5 Å². The van der Waals surface area contributed by atoms with Crippen LogP contribution in [0.3, 0.4) is 0 Å². The lowest BCUT2D eigenvalue weighted by atomic mass is 9.73. The van der Waals surface area contributed by atoms with E-state index in [1.54, 1.807) is 50.7 Å². The molecule has 2 aromatic rings. The van der Waals surface area contributed by atoms with Gasteiger partial charge in [0.05, 0.1) is 23.0 Å². The number of aromatic nitrogens is 2. The van der Waals surface area contributed by atoms with Crippen LogP contribution in [0.15, 0.2) is 53.1 Å². The van der Waals surface area contributed by atoms with Gasteiger partial charge in [-0.1, -0.05) is 18.2 Å². The summed E-state index contributed by atoms with van der Waals surface area (Å²) in [5, 5.41) is 16.8. The highest BCUT2D eigenvalue weighted by atomic mass is 19.1. The Bertz CT molecular complexity index is 1250. The number of aliphatic hydroxyl groups is 1. The minimum atomic E-state index is -1.57. The van der Waals surface area contributed by atoms with E-state index in [9.17, 15) is 19.1 Å². The zero-order valence-corrected chi connectivity index (χ0v) is 18.1. The number of hydrogen-bond donors (Lipinski definition) is 3. The number of nitrogens with zero attached hydrogens (tertiary/aromatic N) is 2. The van der Waals surface area contributed by atoms with Gasteiger partial charge in [-0.25, -0.2) is 9.37 Å². The number of alkyl halides is 1. The van der Waals surface area contributed by atoms with Gasteiger partial charge in [0.2, 0.25) is 5.91 Å². The molecule has 4 atom stereocenters. The third-order valence-corrected chi connectivity index (χ3v) is 5.88. The Balaban J connectivity index is 1.66. The molecule has 0 saturated heterocycles. The molecular weight excluding hydrogens is 410 g/mol. The van der Waals surface area contributed by atoms with Crippen molar-refractivity contribution in [1.29, 1.82) is 0 Å². The third kappa shape index (κ3) is 4.00. The van der Waals surface area contributed by atoms with Gasteiger partial charge in [0.25, 0.3) is 5.56 Å². The summed E-state index contributed by atoms with van der Waals surface area (Å²) >= 11 is 0. The first-order valence-corrected chi connectivity index (χ1v) is 10.4. The Morgan fingerprint density at radius 1 is 1.47 bits per heavy atom. The van der Waals surface area contributed by atoms with Crippen LogP contribution in [0, 0.1) is 5.92 Å². The summed E-state index contributed by atoms with van der Waals surface area (Å²) in [6, 6.07) is 2.79. The first kappa shape index (κ1) is 22.0. The van der Waals surface area contributed by atoms with Crippen molar-refractivity contribution >= 4 is 36.0 Å². The number of allylic oxidation sites excluding steroid dienone is 3. The molecule has 164 valence electrons. The van der Waals surface area contributed by atoms with Crippen LogP contribution in [0.4, 0.5) is 10.2 Å². The molecule has 1 amide bonds. The maximum absolute atomic E-state index is 13.1. The van der Waals surface area contributed by atoms with Gasteiger partial charge in [0.1, 0.15) is 19.8 Å². The highest BCUT2D eigenvalue weighted by Gasteiger charge is 2.43. The Kier molecular flexibility index (Phi) is 5.54. The number of carbonyl (C=O) groups excluding carboxylic acids is 1. The molecule has 4 unspecified atom stereocenters. The molecule has 3 N–H and O–H groups in total. The van der Waals surface area contributed by atoms with E-state index in [4.69, 9.17) is 7.85 Å². The zero-order chi connectivity index (χ0) is 23.2. The molecule has 3 heterocycles. The standard InChI is InChI=1S/C23H24BFN4O3/c1-4-5-23(24,32)19-6-12(2)16(11-26-19)14-7-13-10-27-20(9-18(13)29(3)22(14)31)28-21(30)15-8-17(15)25/h4-7,9-11,15,17,19,26,32H,8H2,1-3H3,(H,27,28,30)/b5-4-. The van der Waals surface area contributed by atoms with Crippen LogP contribution in [0.2, 0.25) is 0 Å². The summed E-state index contributed by atoms with van der Waals surface area (Å²) in [5.74, 6) is -0.757. The van der Waals surface area contributed by atoms with Gasteiger partial charge in [0.15, 0.2) is 0 Å². The van der Waals surface area contributed by atoms with Gasteiger partial charge >= 0.3 is 0 Å². The van der Waals surface area contributed by atoms with Crippen molar-refractivity contribution in [3.05, 3.63) is 64.2 Å². The van der Waals surface area contributed by atoms with Gasteiger partial charge in [-0.2, -0.15) is 0 Å². The number of hydrogen-bond acceptors (Lipinski definition) is 5. The topological polar surface area (TPSA) is 96.2 Å². The number of rotatable bonds is 5. The highest BCUT2D eigenvalue weighted by Crippen LogP contribution is 2.34. The van der Waals surface area contributed by atoms with E-state index in [0.29, 0.717) is 22.0 Å². The van der Waals surface area contributed by atoms with Crippen molar-refractivity contribution < 1.29 is 14.3 Å². The van der Waals surface area contributed by atoms with Crippen LogP contribution in [0.5, 0.6) is 0 Å². The summed E-state index contributed by atoms with van der Waals surface area (Å²) in [6.07, 6.45) is 7.34. The Labute approximate surface area is 186 Å². The lowest BCUT2D eigenvalue weighted by Crippen LogP contribution is -2.48. The fourth-order valence-electron chi connectivity index (χ4n) is 3.88. The molecule has 1 fully saturated rings. The normalized spacial score (nSPS) is 24.5. The molecule has 7 nitrogen and oxygen atoms in total. The second-order valence-electron chi connectivity index (χ2n) is 8.34. The lowest BCUT2D eigenvalue weighted by Gasteiger charge is -2.32. The first-order valence-electron chi connectivity index (χ1n) is 10.4. The molecule has 32 heavy (non-hydrogen) atoms. The fraction of sp³-hybridized carbons (Fsp3) is 0.348. The highest BCUT2D eigenvalue weighted by molar-refractivity contribution is 6.16. The monoisotopic (exact) mass is 434 g/mol. The molecule has 2 radical (unpaired) electrons.